The lowest BCUT2D eigenvalue weighted by Gasteiger charge is -2.11. The molecule has 0 aliphatic rings. The highest BCUT2D eigenvalue weighted by atomic mass is 127. The summed E-state index contributed by atoms with van der Waals surface area (Å²) in [6.07, 6.45) is 0. The van der Waals surface area contributed by atoms with E-state index in [1.807, 2.05) is 13.8 Å². The number of methoxy groups -OCH3 is 1. The minimum absolute atomic E-state index is 0. The molecule has 0 aliphatic heterocycles. The molecule has 3 N–H and O–H groups in total. The number of halogens is 1. The summed E-state index contributed by atoms with van der Waals surface area (Å²) in [5, 5.41) is 10.3. The van der Waals surface area contributed by atoms with Crippen LogP contribution < -0.4 is 20.7 Å². The maximum Gasteiger partial charge on any atom is 0.251 e. The van der Waals surface area contributed by atoms with Gasteiger partial charge in [-0.3, -0.25) is 4.79 Å². The molecular weight excluding hydrogens is 489 g/mol. The lowest BCUT2D eigenvalue weighted by Crippen LogP contribution is -2.41. The molecule has 0 bridgehead atoms. The van der Waals surface area contributed by atoms with E-state index in [0.717, 1.165) is 23.0 Å². The van der Waals surface area contributed by atoms with Crippen molar-refractivity contribution < 1.29 is 9.53 Å². The Bertz CT molecular complexity index is 758. The largest absolute Gasteiger partial charge is 0.497 e. The molecule has 2 aromatic rings. The van der Waals surface area contributed by atoms with E-state index in [1.54, 1.807) is 42.7 Å². The number of aryl methyl sites for hydroxylation is 2. The van der Waals surface area contributed by atoms with Crippen LogP contribution in [0.25, 0.3) is 0 Å². The summed E-state index contributed by atoms with van der Waals surface area (Å²) in [7, 11) is 1.60. The number of rotatable bonds is 8. The van der Waals surface area contributed by atoms with Gasteiger partial charge in [-0.1, -0.05) is 0 Å². The van der Waals surface area contributed by atoms with Gasteiger partial charge < -0.3 is 20.7 Å². The summed E-state index contributed by atoms with van der Waals surface area (Å²) in [6.45, 7) is 8.45. The van der Waals surface area contributed by atoms with Crippen LogP contribution in [0.5, 0.6) is 5.75 Å². The molecule has 28 heavy (non-hydrogen) atoms. The standard InChI is InChI=1S/C19H27N5O2S.HI/c1-5-20-19(23-12-17-24-13(2)14(3)27-17)22-11-10-21-18(25)15-6-8-16(26-4)9-7-15;/h6-9H,5,10-12H2,1-4H3,(H,21,25)(H2,20,22,23);1H. The first-order valence-electron chi connectivity index (χ1n) is 8.90. The minimum atomic E-state index is -0.116. The fourth-order valence-electron chi connectivity index (χ4n) is 2.30. The highest BCUT2D eigenvalue weighted by molar-refractivity contribution is 14.0. The minimum Gasteiger partial charge on any atom is -0.497 e. The molecule has 1 aromatic heterocycles. The Morgan fingerprint density at radius 2 is 1.82 bits per heavy atom. The van der Waals surface area contributed by atoms with Crippen molar-refractivity contribution in [1.29, 1.82) is 0 Å². The van der Waals surface area contributed by atoms with Crippen LogP contribution in [0.2, 0.25) is 0 Å². The van der Waals surface area contributed by atoms with Crippen molar-refractivity contribution >= 4 is 47.2 Å². The van der Waals surface area contributed by atoms with E-state index >= 15 is 0 Å². The molecule has 1 heterocycles. The fourth-order valence-corrected chi connectivity index (χ4v) is 3.16. The molecule has 2 rings (SSSR count). The number of aliphatic imine (C=N–C) groups is 1. The second-order valence-electron chi connectivity index (χ2n) is 5.86. The second-order valence-corrected chi connectivity index (χ2v) is 7.14. The van der Waals surface area contributed by atoms with Gasteiger partial charge in [-0.05, 0) is 45.0 Å². The van der Waals surface area contributed by atoms with Gasteiger partial charge in [-0.2, -0.15) is 0 Å². The van der Waals surface area contributed by atoms with Crippen LogP contribution in [-0.4, -0.2) is 43.6 Å². The normalized spacial score (nSPS) is 10.8. The van der Waals surface area contributed by atoms with Crippen molar-refractivity contribution in [2.45, 2.75) is 27.3 Å². The summed E-state index contributed by atoms with van der Waals surface area (Å²) in [6, 6.07) is 7.02. The van der Waals surface area contributed by atoms with E-state index in [-0.39, 0.29) is 29.9 Å². The summed E-state index contributed by atoms with van der Waals surface area (Å²) in [5.74, 6) is 1.32. The Morgan fingerprint density at radius 1 is 1.14 bits per heavy atom. The van der Waals surface area contributed by atoms with Crippen LogP contribution in [0.3, 0.4) is 0 Å². The van der Waals surface area contributed by atoms with E-state index in [9.17, 15) is 4.79 Å². The summed E-state index contributed by atoms with van der Waals surface area (Å²) in [5.41, 5.74) is 1.66. The summed E-state index contributed by atoms with van der Waals surface area (Å²) < 4.78 is 5.09. The molecule has 0 unspecified atom stereocenters. The average molecular weight is 517 g/mol. The van der Waals surface area contributed by atoms with Gasteiger partial charge in [0.2, 0.25) is 0 Å². The predicted molar refractivity (Wildman–Crippen MR) is 125 cm³/mol. The number of benzene rings is 1. The van der Waals surface area contributed by atoms with Gasteiger partial charge in [-0.15, -0.1) is 35.3 Å². The smallest absolute Gasteiger partial charge is 0.251 e. The highest BCUT2D eigenvalue weighted by Gasteiger charge is 2.06. The molecule has 0 saturated carbocycles. The number of nitrogens with one attached hydrogen (secondary N) is 3. The van der Waals surface area contributed by atoms with Gasteiger partial charge in [0.1, 0.15) is 10.8 Å². The SMILES string of the molecule is CCNC(=NCc1nc(C)c(C)s1)NCCNC(=O)c1ccc(OC)cc1.I. The average Bonchev–Trinajstić information content (AvgIpc) is 3.00. The number of ether oxygens (including phenoxy) is 1. The Balaban J connectivity index is 0.00000392. The van der Waals surface area contributed by atoms with E-state index < -0.39 is 0 Å². The van der Waals surface area contributed by atoms with Crippen molar-refractivity contribution in [2.24, 2.45) is 4.99 Å². The number of nitrogens with zero attached hydrogens (tertiary/aromatic N) is 2. The number of amides is 1. The number of aromatic nitrogens is 1. The first kappa shape index (κ1) is 24.2. The Labute approximate surface area is 187 Å². The maximum absolute atomic E-state index is 12.1. The molecule has 7 nitrogen and oxygen atoms in total. The molecule has 0 fully saturated rings. The molecule has 154 valence electrons. The van der Waals surface area contributed by atoms with Crippen LogP contribution in [0, 0.1) is 13.8 Å². The fraction of sp³-hybridized carbons (Fsp3) is 0.421. The first-order chi connectivity index (χ1) is 13.0. The zero-order valence-electron chi connectivity index (χ0n) is 16.7. The molecule has 0 saturated heterocycles. The number of thiazole rings is 1. The second kappa shape index (κ2) is 12.6. The lowest BCUT2D eigenvalue weighted by molar-refractivity contribution is 0.0954. The van der Waals surface area contributed by atoms with Crippen molar-refractivity contribution in [3.63, 3.8) is 0 Å². The zero-order chi connectivity index (χ0) is 19.6. The third-order valence-corrected chi connectivity index (χ3v) is 4.90. The number of hydrogen-bond acceptors (Lipinski definition) is 5. The molecule has 0 spiro atoms. The number of carbonyl (C=O) groups is 1. The molecule has 0 aliphatic carbocycles. The summed E-state index contributed by atoms with van der Waals surface area (Å²) in [4.78, 5) is 22.4. The van der Waals surface area contributed by atoms with Crippen molar-refractivity contribution in [3.8, 4) is 5.75 Å². The van der Waals surface area contributed by atoms with E-state index in [1.165, 1.54) is 4.88 Å². The Hall–Kier alpha value is -1.88. The van der Waals surface area contributed by atoms with Crippen molar-refractivity contribution in [1.82, 2.24) is 20.9 Å². The first-order valence-corrected chi connectivity index (χ1v) is 9.72. The Kier molecular flexibility index (Phi) is 10.8. The van der Waals surface area contributed by atoms with Gasteiger partial charge >= 0.3 is 0 Å². The maximum atomic E-state index is 12.1. The van der Waals surface area contributed by atoms with Crippen LogP contribution in [0.15, 0.2) is 29.3 Å². The van der Waals surface area contributed by atoms with Gasteiger partial charge in [0.05, 0.1) is 19.3 Å². The van der Waals surface area contributed by atoms with Crippen LogP contribution in [-0.2, 0) is 6.54 Å². The zero-order valence-corrected chi connectivity index (χ0v) is 19.8. The highest BCUT2D eigenvalue weighted by Crippen LogP contribution is 2.16. The van der Waals surface area contributed by atoms with Crippen molar-refractivity contribution in [3.05, 3.63) is 45.4 Å². The topological polar surface area (TPSA) is 87.6 Å². The van der Waals surface area contributed by atoms with Crippen LogP contribution in [0.1, 0.15) is 32.9 Å². The van der Waals surface area contributed by atoms with Gasteiger partial charge in [-0.25, -0.2) is 9.98 Å². The van der Waals surface area contributed by atoms with Crippen LogP contribution in [0.4, 0.5) is 0 Å². The van der Waals surface area contributed by atoms with Crippen molar-refractivity contribution in [2.75, 3.05) is 26.7 Å². The monoisotopic (exact) mass is 517 g/mol. The van der Waals surface area contributed by atoms with E-state index in [2.05, 4.69) is 32.9 Å². The van der Waals surface area contributed by atoms with Gasteiger partial charge in [0, 0.05) is 30.1 Å². The molecule has 1 aromatic carbocycles. The third kappa shape index (κ3) is 7.63. The number of hydrogen-bond donors (Lipinski definition) is 3. The molecular formula is C19H28IN5O2S. The summed E-state index contributed by atoms with van der Waals surface area (Å²) >= 11 is 1.67. The molecule has 0 atom stereocenters. The molecule has 1 amide bonds. The van der Waals surface area contributed by atoms with E-state index in [0.29, 0.717) is 31.2 Å². The molecule has 0 radical (unpaired) electrons. The van der Waals surface area contributed by atoms with Gasteiger partial charge in [0.25, 0.3) is 5.91 Å². The quantitative estimate of drug-likeness (QED) is 0.217. The molecule has 9 heteroatoms. The number of guanidine groups is 1. The van der Waals surface area contributed by atoms with E-state index in [4.69, 9.17) is 4.74 Å². The van der Waals surface area contributed by atoms with Gasteiger partial charge in [0.15, 0.2) is 5.96 Å². The van der Waals surface area contributed by atoms with Crippen LogP contribution >= 0.6 is 35.3 Å². The predicted octanol–water partition coefficient (Wildman–Crippen LogP) is 2.87. The third-order valence-electron chi connectivity index (χ3n) is 3.84. The lowest BCUT2D eigenvalue weighted by atomic mass is 10.2. The Morgan fingerprint density at radius 3 is 2.39 bits per heavy atom. The number of carbonyl (C=O) groups excluding carboxylic acids is 1.